The topological polar surface area (TPSA) is 75.6 Å². The molecule has 0 saturated heterocycles. The lowest BCUT2D eigenvalue weighted by atomic mass is 10.1. The fourth-order valence-electron chi connectivity index (χ4n) is 2.18. The predicted octanol–water partition coefficient (Wildman–Crippen LogP) is 3.91. The van der Waals surface area contributed by atoms with Crippen molar-refractivity contribution in [1.82, 2.24) is 15.1 Å². The van der Waals surface area contributed by atoms with Crippen LogP contribution in [0.1, 0.15) is 22.8 Å². The molecular formula is C17H14N4OS. The van der Waals surface area contributed by atoms with E-state index >= 15 is 0 Å². The maximum atomic E-state index is 9.26. The molecule has 114 valence electrons. The molecule has 2 aromatic heterocycles. The molecule has 0 aliphatic carbocycles. The third-order valence-corrected chi connectivity index (χ3v) is 4.26. The summed E-state index contributed by atoms with van der Waals surface area (Å²) in [6, 6.07) is 13.9. The van der Waals surface area contributed by atoms with E-state index in [1.165, 1.54) is 11.8 Å². The minimum Gasteiger partial charge on any atom is -0.360 e. The van der Waals surface area contributed by atoms with Gasteiger partial charge in [0.15, 0.2) is 0 Å². The van der Waals surface area contributed by atoms with Crippen LogP contribution in [0.3, 0.4) is 0 Å². The van der Waals surface area contributed by atoms with Crippen molar-refractivity contribution in [3.8, 4) is 17.3 Å². The Morgan fingerprint density at radius 1 is 1.17 bits per heavy atom. The van der Waals surface area contributed by atoms with Crippen LogP contribution in [-0.4, -0.2) is 15.1 Å². The van der Waals surface area contributed by atoms with Crippen molar-refractivity contribution in [2.45, 2.75) is 24.6 Å². The molecule has 0 amide bonds. The third-order valence-electron chi connectivity index (χ3n) is 3.26. The molecule has 0 N–H and O–H groups in total. The highest BCUT2D eigenvalue weighted by Crippen LogP contribution is 2.27. The average Bonchev–Trinajstić information content (AvgIpc) is 3.02. The normalized spacial score (nSPS) is 10.5. The maximum absolute atomic E-state index is 9.26. The van der Waals surface area contributed by atoms with E-state index in [1.807, 2.05) is 50.2 Å². The Morgan fingerprint density at radius 3 is 2.70 bits per heavy atom. The van der Waals surface area contributed by atoms with Gasteiger partial charge in [-0.15, -0.1) is 0 Å². The van der Waals surface area contributed by atoms with Crippen LogP contribution in [0.2, 0.25) is 0 Å². The van der Waals surface area contributed by atoms with E-state index in [0.29, 0.717) is 27.9 Å². The first-order valence-electron chi connectivity index (χ1n) is 7.06. The Labute approximate surface area is 138 Å². The number of rotatable bonds is 4. The Hall–Kier alpha value is -2.65. The first-order valence-corrected chi connectivity index (χ1v) is 8.05. The van der Waals surface area contributed by atoms with Crippen molar-refractivity contribution in [1.29, 1.82) is 5.26 Å². The molecule has 0 spiro atoms. The van der Waals surface area contributed by atoms with Crippen LogP contribution in [0.15, 0.2) is 45.9 Å². The molecule has 0 saturated carbocycles. The fourth-order valence-corrected chi connectivity index (χ4v) is 3.13. The van der Waals surface area contributed by atoms with E-state index in [-0.39, 0.29) is 0 Å². The van der Waals surface area contributed by atoms with Gasteiger partial charge in [-0.05, 0) is 13.8 Å². The first-order chi connectivity index (χ1) is 11.2. The summed E-state index contributed by atoms with van der Waals surface area (Å²) in [6.45, 7) is 3.64. The highest BCUT2D eigenvalue weighted by molar-refractivity contribution is 7.98. The molecule has 2 heterocycles. The number of thioether (sulfide) groups is 1. The summed E-state index contributed by atoms with van der Waals surface area (Å²) in [7, 11) is 0. The highest BCUT2D eigenvalue weighted by atomic mass is 32.2. The van der Waals surface area contributed by atoms with Crippen LogP contribution in [0.4, 0.5) is 0 Å². The monoisotopic (exact) mass is 322 g/mol. The molecule has 0 unspecified atom stereocenters. The van der Waals surface area contributed by atoms with Crippen LogP contribution >= 0.6 is 11.8 Å². The van der Waals surface area contributed by atoms with Gasteiger partial charge in [-0.3, -0.25) is 0 Å². The summed E-state index contributed by atoms with van der Waals surface area (Å²) in [5, 5.41) is 14.0. The fraction of sp³-hybridized carbons (Fsp3) is 0.176. The predicted molar refractivity (Wildman–Crippen MR) is 87.7 cm³/mol. The zero-order valence-corrected chi connectivity index (χ0v) is 13.6. The summed E-state index contributed by atoms with van der Waals surface area (Å²) in [5.41, 5.74) is 3.03. The van der Waals surface area contributed by atoms with Gasteiger partial charge < -0.3 is 4.52 Å². The number of benzene rings is 1. The summed E-state index contributed by atoms with van der Waals surface area (Å²) in [5.74, 6) is 1.96. The van der Waals surface area contributed by atoms with Crippen molar-refractivity contribution in [2.75, 3.05) is 0 Å². The van der Waals surface area contributed by atoms with Gasteiger partial charge >= 0.3 is 0 Å². The Bertz CT molecular complexity index is 868. The number of hydrogen-bond donors (Lipinski definition) is 0. The van der Waals surface area contributed by atoms with E-state index in [9.17, 15) is 5.26 Å². The van der Waals surface area contributed by atoms with Crippen molar-refractivity contribution in [2.24, 2.45) is 0 Å². The molecule has 0 atom stereocenters. The van der Waals surface area contributed by atoms with Crippen molar-refractivity contribution in [3.05, 3.63) is 59.2 Å². The Balaban J connectivity index is 1.78. The number of nitriles is 1. The van der Waals surface area contributed by atoms with Crippen LogP contribution in [0.5, 0.6) is 0 Å². The van der Waals surface area contributed by atoms with Gasteiger partial charge in [0.1, 0.15) is 33.9 Å². The summed E-state index contributed by atoms with van der Waals surface area (Å²) < 4.78 is 5.38. The number of hydrogen-bond acceptors (Lipinski definition) is 6. The second-order valence-electron chi connectivity index (χ2n) is 4.98. The SMILES string of the molecule is Cc1nc(C)c(C#N)c(SCc2cc(-c3ccccc3)no2)n1. The van der Waals surface area contributed by atoms with Crippen molar-refractivity contribution >= 4 is 11.8 Å². The van der Waals surface area contributed by atoms with Gasteiger partial charge in [-0.1, -0.05) is 47.3 Å². The van der Waals surface area contributed by atoms with Gasteiger partial charge in [0, 0.05) is 11.6 Å². The molecule has 0 radical (unpaired) electrons. The van der Waals surface area contributed by atoms with Crippen molar-refractivity contribution in [3.63, 3.8) is 0 Å². The second-order valence-corrected chi connectivity index (χ2v) is 5.95. The largest absolute Gasteiger partial charge is 0.360 e. The molecule has 5 nitrogen and oxygen atoms in total. The minimum atomic E-state index is 0.517. The third kappa shape index (κ3) is 3.41. The summed E-state index contributed by atoms with van der Waals surface area (Å²) in [6.07, 6.45) is 0. The molecule has 6 heteroatoms. The van der Waals surface area contributed by atoms with Gasteiger partial charge in [0.25, 0.3) is 0 Å². The van der Waals surface area contributed by atoms with Crippen molar-refractivity contribution < 1.29 is 4.52 Å². The number of aromatic nitrogens is 3. The second kappa shape index (κ2) is 6.63. The van der Waals surface area contributed by atoms with Gasteiger partial charge in [0.05, 0.1) is 11.4 Å². The van der Waals surface area contributed by atoms with Gasteiger partial charge in [-0.2, -0.15) is 5.26 Å². The van der Waals surface area contributed by atoms with Crippen LogP contribution < -0.4 is 0 Å². The van der Waals surface area contributed by atoms with Gasteiger partial charge in [0.2, 0.25) is 0 Å². The molecule has 0 fully saturated rings. The van der Waals surface area contributed by atoms with Crippen LogP contribution in [0, 0.1) is 25.2 Å². The van der Waals surface area contributed by atoms with E-state index in [1.54, 1.807) is 0 Å². The van der Waals surface area contributed by atoms with E-state index in [0.717, 1.165) is 17.0 Å². The molecule has 0 bridgehead atoms. The smallest absolute Gasteiger partial charge is 0.147 e. The highest BCUT2D eigenvalue weighted by Gasteiger charge is 2.13. The van der Waals surface area contributed by atoms with E-state index in [2.05, 4.69) is 21.2 Å². The molecule has 0 aliphatic rings. The Morgan fingerprint density at radius 2 is 1.96 bits per heavy atom. The van der Waals surface area contributed by atoms with Crippen LogP contribution in [-0.2, 0) is 5.75 Å². The zero-order valence-electron chi connectivity index (χ0n) is 12.8. The molecule has 3 rings (SSSR count). The number of nitrogens with zero attached hydrogens (tertiary/aromatic N) is 4. The lowest BCUT2D eigenvalue weighted by molar-refractivity contribution is 0.397. The lowest BCUT2D eigenvalue weighted by Crippen LogP contribution is -1.98. The minimum absolute atomic E-state index is 0.517. The quantitative estimate of drug-likeness (QED) is 0.535. The standard InChI is InChI=1S/C17H14N4OS/c1-11-15(9-18)17(20-12(2)19-11)23-10-14-8-16(21-22-14)13-6-4-3-5-7-13/h3-8H,10H2,1-2H3. The number of aryl methyl sites for hydroxylation is 2. The zero-order chi connectivity index (χ0) is 16.2. The molecular weight excluding hydrogens is 308 g/mol. The Kier molecular flexibility index (Phi) is 4.40. The molecule has 23 heavy (non-hydrogen) atoms. The average molecular weight is 322 g/mol. The molecule has 1 aromatic carbocycles. The van der Waals surface area contributed by atoms with Gasteiger partial charge in [-0.25, -0.2) is 9.97 Å². The maximum Gasteiger partial charge on any atom is 0.147 e. The van der Waals surface area contributed by atoms with Crippen LogP contribution in [0.25, 0.3) is 11.3 Å². The van der Waals surface area contributed by atoms with E-state index in [4.69, 9.17) is 4.52 Å². The van der Waals surface area contributed by atoms with E-state index < -0.39 is 0 Å². The molecule has 0 aliphatic heterocycles. The summed E-state index contributed by atoms with van der Waals surface area (Å²) >= 11 is 1.45. The molecule has 3 aromatic rings. The lowest BCUT2D eigenvalue weighted by Gasteiger charge is -2.05. The summed E-state index contributed by atoms with van der Waals surface area (Å²) in [4.78, 5) is 8.57. The first kappa shape index (κ1) is 15.3.